The molecule has 0 aromatic rings. The molecule has 1 heterocycles. The summed E-state index contributed by atoms with van der Waals surface area (Å²) in [5.41, 5.74) is 0.418. The van der Waals surface area contributed by atoms with Gasteiger partial charge in [-0.2, -0.15) is 0 Å². The van der Waals surface area contributed by atoms with Gasteiger partial charge in [0.25, 0.3) is 0 Å². The van der Waals surface area contributed by atoms with E-state index in [-0.39, 0.29) is 0 Å². The van der Waals surface area contributed by atoms with Crippen LogP contribution in [0.4, 0.5) is 0 Å². The van der Waals surface area contributed by atoms with Gasteiger partial charge >= 0.3 is 0 Å². The van der Waals surface area contributed by atoms with Crippen LogP contribution in [-0.4, -0.2) is 37.1 Å². The number of hydrogen-bond donors (Lipinski definition) is 1. The van der Waals surface area contributed by atoms with Crippen molar-refractivity contribution in [3.63, 3.8) is 0 Å². The minimum atomic E-state index is 0.418. The summed E-state index contributed by atoms with van der Waals surface area (Å²) in [5, 5.41) is 3.61. The Morgan fingerprint density at radius 2 is 2.07 bits per heavy atom. The van der Waals surface area contributed by atoms with Crippen molar-refractivity contribution in [1.29, 1.82) is 0 Å². The monoisotopic (exact) mass is 212 g/mol. The third-order valence-corrected chi connectivity index (χ3v) is 3.14. The fraction of sp³-hybridized carbons (Fsp3) is 1.00. The highest BCUT2D eigenvalue weighted by Gasteiger charge is 2.26. The summed E-state index contributed by atoms with van der Waals surface area (Å²) in [6, 6.07) is 0.638. The van der Waals surface area contributed by atoms with Crippen LogP contribution in [0.1, 0.15) is 41.0 Å². The van der Waals surface area contributed by atoms with Gasteiger partial charge in [0, 0.05) is 25.7 Å². The number of rotatable bonds is 3. The smallest absolute Gasteiger partial charge is 0.0166 e. The summed E-state index contributed by atoms with van der Waals surface area (Å²) in [5.74, 6) is 0.819. The maximum Gasteiger partial charge on any atom is 0.0166 e. The lowest BCUT2D eigenvalue weighted by molar-refractivity contribution is 0.194. The minimum absolute atomic E-state index is 0.418. The second kappa shape index (κ2) is 5.31. The summed E-state index contributed by atoms with van der Waals surface area (Å²) < 4.78 is 0. The van der Waals surface area contributed by atoms with Crippen LogP contribution in [0.5, 0.6) is 0 Å². The lowest BCUT2D eigenvalue weighted by Gasteiger charge is -2.29. The van der Waals surface area contributed by atoms with E-state index in [0.717, 1.165) is 12.5 Å². The lowest BCUT2D eigenvalue weighted by Crippen LogP contribution is -2.36. The highest BCUT2D eigenvalue weighted by Crippen LogP contribution is 2.19. The molecular weight excluding hydrogens is 184 g/mol. The topological polar surface area (TPSA) is 15.3 Å². The third kappa shape index (κ3) is 4.98. The molecule has 90 valence electrons. The van der Waals surface area contributed by atoms with E-state index < -0.39 is 0 Å². The van der Waals surface area contributed by atoms with E-state index in [1.807, 2.05) is 0 Å². The minimum Gasteiger partial charge on any atom is -0.312 e. The third-order valence-electron chi connectivity index (χ3n) is 3.14. The molecular formula is C13H28N2. The Morgan fingerprint density at radius 1 is 1.40 bits per heavy atom. The van der Waals surface area contributed by atoms with Crippen molar-refractivity contribution in [1.82, 2.24) is 10.2 Å². The van der Waals surface area contributed by atoms with Crippen molar-refractivity contribution in [3.05, 3.63) is 0 Å². The van der Waals surface area contributed by atoms with E-state index in [1.165, 1.54) is 26.1 Å². The Bertz CT molecular complexity index is 187. The zero-order valence-electron chi connectivity index (χ0n) is 11.1. The number of nitrogens with one attached hydrogen (secondary N) is 1. The van der Waals surface area contributed by atoms with E-state index in [9.17, 15) is 0 Å². The fourth-order valence-electron chi connectivity index (χ4n) is 2.24. The van der Waals surface area contributed by atoms with Crippen LogP contribution in [0.25, 0.3) is 0 Å². The Kier molecular flexibility index (Phi) is 4.60. The van der Waals surface area contributed by atoms with E-state index >= 15 is 0 Å². The van der Waals surface area contributed by atoms with Gasteiger partial charge in [-0.3, -0.25) is 0 Å². The van der Waals surface area contributed by atoms with Gasteiger partial charge in [0.05, 0.1) is 0 Å². The molecule has 1 saturated heterocycles. The van der Waals surface area contributed by atoms with Gasteiger partial charge in [0.2, 0.25) is 0 Å². The molecule has 0 amide bonds. The molecule has 0 spiro atoms. The fourth-order valence-corrected chi connectivity index (χ4v) is 2.24. The van der Waals surface area contributed by atoms with Gasteiger partial charge in [-0.05, 0) is 31.2 Å². The molecule has 2 heteroatoms. The lowest BCUT2D eigenvalue weighted by atomic mass is 9.93. The van der Waals surface area contributed by atoms with Crippen LogP contribution in [0.2, 0.25) is 0 Å². The zero-order chi connectivity index (χ0) is 11.5. The van der Waals surface area contributed by atoms with Gasteiger partial charge < -0.3 is 10.2 Å². The first-order valence-electron chi connectivity index (χ1n) is 6.35. The summed E-state index contributed by atoms with van der Waals surface area (Å²) in [6.07, 6.45) is 1.32. The molecule has 0 radical (unpaired) electrons. The molecule has 1 unspecified atom stereocenters. The van der Waals surface area contributed by atoms with Crippen LogP contribution >= 0.6 is 0 Å². The molecule has 15 heavy (non-hydrogen) atoms. The van der Waals surface area contributed by atoms with Crippen LogP contribution in [0, 0.1) is 11.3 Å². The van der Waals surface area contributed by atoms with Gasteiger partial charge in [0.15, 0.2) is 0 Å². The molecule has 1 aliphatic heterocycles. The SMILES string of the molecule is CC(C)CCN1CC(C)NCC(C)(C)C1. The molecule has 1 aliphatic rings. The standard InChI is InChI=1S/C13H28N2/c1-11(2)6-7-15-8-12(3)14-9-13(4,5)10-15/h11-12,14H,6-10H2,1-5H3. The van der Waals surface area contributed by atoms with E-state index in [4.69, 9.17) is 0 Å². The zero-order valence-corrected chi connectivity index (χ0v) is 11.1. The molecule has 0 aliphatic carbocycles. The number of hydrogen-bond acceptors (Lipinski definition) is 2. The maximum absolute atomic E-state index is 3.61. The second-order valence-electron chi connectivity index (χ2n) is 6.36. The summed E-state index contributed by atoms with van der Waals surface area (Å²) in [6.45, 7) is 16.5. The molecule has 0 aromatic carbocycles. The number of nitrogens with zero attached hydrogens (tertiary/aromatic N) is 1. The highest BCUT2D eigenvalue weighted by atomic mass is 15.2. The summed E-state index contributed by atoms with van der Waals surface area (Å²) >= 11 is 0. The largest absolute Gasteiger partial charge is 0.312 e. The average molecular weight is 212 g/mol. The quantitative estimate of drug-likeness (QED) is 0.772. The Morgan fingerprint density at radius 3 is 2.67 bits per heavy atom. The van der Waals surface area contributed by atoms with Crippen molar-refractivity contribution in [3.8, 4) is 0 Å². The highest BCUT2D eigenvalue weighted by molar-refractivity contribution is 4.83. The van der Waals surface area contributed by atoms with Crippen LogP contribution in [-0.2, 0) is 0 Å². The Hall–Kier alpha value is -0.0800. The first-order valence-corrected chi connectivity index (χ1v) is 6.35. The van der Waals surface area contributed by atoms with E-state index in [2.05, 4.69) is 44.8 Å². The maximum atomic E-state index is 3.61. The van der Waals surface area contributed by atoms with Gasteiger partial charge in [-0.1, -0.05) is 27.7 Å². The van der Waals surface area contributed by atoms with Gasteiger partial charge in [0.1, 0.15) is 0 Å². The molecule has 2 nitrogen and oxygen atoms in total. The van der Waals surface area contributed by atoms with Crippen molar-refractivity contribution in [2.45, 2.75) is 47.1 Å². The first kappa shape index (κ1) is 13.0. The first-order chi connectivity index (χ1) is 6.89. The molecule has 0 aromatic heterocycles. The summed E-state index contributed by atoms with van der Waals surface area (Å²) in [7, 11) is 0. The Balaban J connectivity index is 2.46. The van der Waals surface area contributed by atoms with Gasteiger partial charge in [-0.25, -0.2) is 0 Å². The van der Waals surface area contributed by atoms with Crippen LogP contribution in [0.15, 0.2) is 0 Å². The van der Waals surface area contributed by atoms with Gasteiger partial charge in [-0.15, -0.1) is 0 Å². The normalized spacial score (nSPS) is 28.0. The van der Waals surface area contributed by atoms with Crippen molar-refractivity contribution >= 4 is 0 Å². The molecule has 0 saturated carbocycles. The predicted octanol–water partition coefficient (Wildman–Crippen LogP) is 2.35. The van der Waals surface area contributed by atoms with Crippen molar-refractivity contribution in [2.24, 2.45) is 11.3 Å². The summed E-state index contributed by atoms with van der Waals surface area (Å²) in [4.78, 5) is 2.63. The van der Waals surface area contributed by atoms with E-state index in [0.29, 0.717) is 11.5 Å². The molecule has 1 atom stereocenters. The van der Waals surface area contributed by atoms with Crippen molar-refractivity contribution in [2.75, 3.05) is 26.2 Å². The molecule has 0 bridgehead atoms. The molecule has 1 N–H and O–H groups in total. The van der Waals surface area contributed by atoms with E-state index in [1.54, 1.807) is 0 Å². The molecule has 1 rings (SSSR count). The van der Waals surface area contributed by atoms with Crippen LogP contribution in [0.3, 0.4) is 0 Å². The predicted molar refractivity (Wildman–Crippen MR) is 67.1 cm³/mol. The Labute approximate surface area is 95.4 Å². The van der Waals surface area contributed by atoms with Crippen LogP contribution < -0.4 is 5.32 Å². The second-order valence-corrected chi connectivity index (χ2v) is 6.36. The molecule has 1 fully saturated rings. The van der Waals surface area contributed by atoms with Crippen molar-refractivity contribution < 1.29 is 0 Å². The average Bonchev–Trinajstić information content (AvgIpc) is 2.22.